The highest BCUT2D eigenvalue weighted by molar-refractivity contribution is 6.31. The molecule has 16 heterocycles. The van der Waals surface area contributed by atoms with Crippen LogP contribution in [0.3, 0.4) is 0 Å². The van der Waals surface area contributed by atoms with Crippen molar-refractivity contribution in [2.24, 2.45) is 0 Å². The lowest BCUT2D eigenvalue weighted by Gasteiger charge is -2.49. The number of nitrogens with zero attached hydrogens (tertiary/aromatic N) is 4. The molecule has 14 aliphatic rings. The van der Waals surface area contributed by atoms with Gasteiger partial charge < -0.3 is 56.9 Å². The van der Waals surface area contributed by atoms with Gasteiger partial charge in [-0.3, -0.25) is 0 Å². The summed E-state index contributed by atoms with van der Waals surface area (Å²) in [4.78, 5) is 34.8. The fraction of sp³-hybridized carbons (Fsp3) is 0.276. The maximum Gasteiger partial charge on any atom is 0.336 e. The summed E-state index contributed by atoms with van der Waals surface area (Å²) in [5.41, 5.74) is 31.6. The first-order valence-electron chi connectivity index (χ1n) is 47.3. The number of anilines is 4. The minimum absolute atomic E-state index is 0.00705. The van der Waals surface area contributed by atoms with Crippen LogP contribution in [0.1, 0.15) is 151 Å². The quantitative estimate of drug-likeness (QED) is 0.105. The fourth-order valence-corrected chi connectivity index (χ4v) is 26.4. The Kier molecular flexibility index (Phi) is 14.6. The molecule has 0 bridgehead atoms. The van der Waals surface area contributed by atoms with Crippen LogP contribution in [0.15, 0.2) is 200 Å². The van der Waals surface area contributed by atoms with Crippen LogP contribution in [0, 0.1) is 0 Å². The van der Waals surface area contributed by atoms with E-state index in [1.165, 1.54) is 219 Å². The molecule has 2 aromatic heterocycles. The number of hydrogen-bond donors (Lipinski definition) is 0. The first kappa shape index (κ1) is 74.2. The minimum Gasteiger partial charge on any atom is -0.456 e. The summed E-state index contributed by atoms with van der Waals surface area (Å²) in [6.07, 6.45) is 13.9. The molecule has 15 aromatic carbocycles. The lowest BCUT2D eigenvalue weighted by Crippen LogP contribution is -2.45. The average molecular weight is 1700 g/mol. The van der Waals surface area contributed by atoms with Gasteiger partial charge in [-0.05, 0) is 238 Å². The third kappa shape index (κ3) is 9.83. The lowest BCUT2D eigenvalue weighted by atomic mass is 9.67. The van der Waals surface area contributed by atoms with Crippen LogP contribution in [0.2, 0.25) is 0 Å². The average Bonchev–Trinajstić information content (AvgIpc) is 0.677. The Morgan fingerprint density at radius 3 is 0.900 bits per heavy atom. The van der Waals surface area contributed by atoms with Gasteiger partial charge in [-0.1, -0.05) is 140 Å². The largest absolute Gasteiger partial charge is 0.456 e. The normalized spacial score (nSPS) is 18.2. The summed E-state index contributed by atoms with van der Waals surface area (Å²) in [6, 6.07) is 63.2. The van der Waals surface area contributed by atoms with E-state index in [-0.39, 0.29) is 21.7 Å². The van der Waals surface area contributed by atoms with Crippen LogP contribution in [-0.4, -0.2) is 52.4 Å². The van der Waals surface area contributed by atoms with E-state index in [9.17, 15) is 9.59 Å². The summed E-state index contributed by atoms with van der Waals surface area (Å²) in [6.45, 7) is 28.6. The summed E-state index contributed by atoms with van der Waals surface area (Å²) < 4.78 is 52.7. The van der Waals surface area contributed by atoms with Gasteiger partial charge in [0.05, 0.1) is 0 Å². The SMILES string of the molecule is CC1(C)CCN2CCC(C)(C)c3c4c(cc1c32)-c1c2ccccc2c2c3c(ccc(c13)O4)Oc1c-2cc2c3c1C(C)(C)CCN3CCC2(C)C.O=c1ccc2ccc3c(c2o1)Oc1ccc2c4c(c5ccccc5c-3c14)-c1ccc3ccc(=O)oc3c1O2.c1ccc2c3c4c(ccc5c4c(c2c1)-c1cc2c4c(c1O5)CCCN4CCC2)Oc1c-3cc2c3c1CCCN3CCC2. The molecule has 0 aliphatic carbocycles. The number of rotatable bonds is 0. The first-order valence-corrected chi connectivity index (χ1v) is 47.3. The Bertz CT molecular complexity index is 7880. The van der Waals surface area contributed by atoms with Gasteiger partial charge in [-0.2, -0.15) is 0 Å². The van der Waals surface area contributed by atoms with E-state index in [1.807, 2.05) is 48.5 Å². The van der Waals surface area contributed by atoms with E-state index >= 15 is 0 Å². The van der Waals surface area contributed by atoms with Crippen molar-refractivity contribution in [2.75, 3.05) is 72.0 Å². The van der Waals surface area contributed by atoms with Crippen molar-refractivity contribution < 1.29 is 37.3 Å². The highest BCUT2D eigenvalue weighted by atomic mass is 16.5. The minimum atomic E-state index is -0.431. The summed E-state index contributed by atoms with van der Waals surface area (Å²) in [5, 5.41) is 15.6. The van der Waals surface area contributed by atoms with E-state index in [4.69, 9.17) is 37.3 Å². The van der Waals surface area contributed by atoms with Crippen molar-refractivity contribution in [3.63, 3.8) is 0 Å². The monoisotopic (exact) mass is 1700 g/mol. The standard InChI is InChI=1S/C46H48N2O2.C38H32N2O2.C32H14O6/c1-43(2)15-19-47-21-17-45(5,6)37-39(47)29(43)23-27-33-25-11-9-10-12-26(25)34-28-24-30-40-38(46(7,8)18-22-48(40)20-16-44(30,3)4)42(28)50-32-14-13-31(49-41(27)37)35(33)36(32)34;1-2-10-24-23(9-1)31-27-19-21-7-3-15-39-17-5-11-25(35(21)39)37(27)41-29-13-14-30-34(33(29)31)32(24)28-20-22-8-4-16-40-18-6-12-26(36(22)40)38(28)42-30;33-23-13-7-15-5-9-19-25-17-3-1-2-4-18(17)26-20-10-6-16-8-14-24(34)38-30(16)32(20)36-22-12-11-21(27(25)28(22)26)35-31(19)29(15)37-23/h9-14,23-24H,15-22H2,1-8H3;1-2,9-10,13-14,19-20H,3-8,11-12,15-18H2;1-14H. The zero-order valence-corrected chi connectivity index (χ0v) is 74.3. The number of benzene rings is 15. The van der Waals surface area contributed by atoms with Gasteiger partial charge in [0.2, 0.25) is 0 Å². The molecule has 0 atom stereocenters. The predicted octanol–water partition coefficient (Wildman–Crippen LogP) is 28.6. The molecule has 14 nitrogen and oxygen atoms in total. The molecule has 17 aromatic rings. The number of ether oxygens (including phenoxy) is 6. The number of aryl methyl sites for hydroxylation is 2. The van der Waals surface area contributed by atoms with Crippen LogP contribution in [-0.2, 0) is 47.3 Å². The van der Waals surface area contributed by atoms with E-state index in [0.717, 1.165) is 178 Å². The van der Waals surface area contributed by atoms with E-state index < -0.39 is 11.3 Å². The maximum atomic E-state index is 12.1. The first-order chi connectivity index (χ1) is 63.3. The Morgan fingerprint density at radius 2 is 0.554 bits per heavy atom. The summed E-state index contributed by atoms with van der Waals surface area (Å²) in [7, 11) is 0. The van der Waals surface area contributed by atoms with Crippen molar-refractivity contribution in [3.05, 3.63) is 247 Å². The third-order valence-corrected chi connectivity index (χ3v) is 32.6. The molecule has 0 amide bonds. The Hall–Kier alpha value is -13.7. The maximum absolute atomic E-state index is 12.1. The van der Waals surface area contributed by atoms with E-state index in [2.05, 4.69) is 184 Å². The van der Waals surface area contributed by atoms with Crippen LogP contribution in [0.5, 0.6) is 69.0 Å². The predicted molar refractivity (Wildman–Crippen MR) is 522 cm³/mol. The molecule has 130 heavy (non-hydrogen) atoms. The molecule has 0 saturated carbocycles. The van der Waals surface area contributed by atoms with Gasteiger partial charge in [-0.25, -0.2) is 9.59 Å². The molecular formula is C116H94N4O10. The molecule has 0 fully saturated rings. The van der Waals surface area contributed by atoms with Gasteiger partial charge in [-0.15, -0.1) is 0 Å². The number of hydrogen-bond acceptors (Lipinski definition) is 14. The smallest absolute Gasteiger partial charge is 0.336 e. The molecule has 31 rings (SSSR count). The highest BCUT2D eigenvalue weighted by Crippen LogP contribution is 2.69. The van der Waals surface area contributed by atoms with Crippen LogP contribution < -0.4 is 59.3 Å². The summed E-state index contributed by atoms with van der Waals surface area (Å²) >= 11 is 0. The Morgan fingerprint density at radius 1 is 0.269 bits per heavy atom. The van der Waals surface area contributed by atoms with Crippen molar-refractivity contribution in [1.29, 1.82) is 0 Å². The van der Waals surface area contributed by atoms with Crippen molar-refractivity contribution in [1.82, 2.24) is 0 Å². The second-order valence-corrected chi connectivity index (χ2v) is 41.6. The molecule has 0 unspecified atom stereocenters. The van der Waals surface area contributed by atoms with Gasteiger partial charge >= 0.3 is 11.3 Å². The van der Waals surface area contributed by atoms with Gasteiger partial charge in [0.1, 0.15) is 57.5 Å². The number of fused-ring (bicyclic) bond motifs is 29. The van der Waals surface area contributed by atoms with Crippen molar-refractivity contribution >= 4 is 109 Å². The summed E-state index contributed by atoms with van der Waals surface area (Å²) in [5.74, 6) is 10.5. The van der Waals surface area contributed by atoms with Gasteiger partial charge in [0.15, 0.2) is 22.7 Å². The lowest BCUT2D eigenvalue weighted by molar-refractivity contribution is 0.381. The van der Waals surface area contributed by atoms with Crippen molar-refractivity contribution in [3.8, 4) is 136 Å². The third-order valence-electron chi connectivity index (χ3n) is 32.6. The zero-order valence-electron chi connectivity index (χ0n) is 74.3. The molecule has 0 radical (unpaired) electrons. The van der Waals surface area contributed by atoms with Crippen LogP contribution >= 0.6 is 0 Å². The second-order valence-electron chi connectivity index (χ2n) is 41.6. The van der Waals surface area contributed by atoms with Crippen LogP contribution in [0.4, 0.5) is 22.7 Å². The molecular weight excluding hydrogens is 1610 g/mol. The second kappa shape index (κ2) is 25.6. The molecule has 638 valence electrons. The molecule has 14 aliphatic heterocycles. The van der Waals surface area contributed by atoms with Crippen LogP contribution in [0.25, 0.3) is 153 Å². The topological polar surface area (TPSA) is 129 Å². The molecule has 14 heteroatoms. The van der Waals surface area contributed by atoms with Gasteiger partial charge in [0.25, 0.3) is 0 Å². The molecule has 0 spiro atoms. The van der Waals surface area contributed by atoms with E-state index in [1.54, 1.807) is 12.1 Å². The highest BCUT2D eigenvalue weighted by Gasteiger charge is 2.50. The van der Waals surface area contributed by atoms with E-state index in [0.29, 0.717) is 34.2 Å². The molecule has 0 N–H and O–H groups in total. The van der Waals surface area contributed by atoms with Gasteiger partial charge in [0, 0.05) is 219 Å². The van der Waals surface area contributed by atoms with Crippen molar-refractivity contribution in [2.45, 2.75) is 154 Å². The Balaban J connectivity index is 0.0000000970. The fourth-order valence-electron chi connectivity index (χ4n) is 26.4. The zero-order chi connectivity index (χ0) is 86.5. The Labute approximate surface area is 751 Å². The molecule has 0 saturated heterocycles.